The van der Waals surface area contributed by atoms with E-state index in [4.69, 9.17) is 4.74 Å². The summed E-state index contributed by atoms with van der Waals surface area (Å²) < 4.78 is 27.6. The zero-order valence-electron chi connectivity index (χ0n) is 7.15. The molecule has 0 aliphatic heterocycles. The van der Waals surface area contributed by atoms with Crippen LogP contribution in [0, 0.1) is 0 Å². The van der Waals surface area contributed by atoms with Crippen molar-refractivity contribution in [2.75, 3.05) is 7.11 Å². The Hall–Kier alpha value is -0.910. The molecular weight excluding hydrogens is 190 g/mol. The van der Waals surface area contributed by atoms with E-state index >= 15 is 0 Å². The topological polar surface area (TPSA) is 61.4 Å². The van der Waals surface area contributed by atoms with Crippen LogP contribution in [0.1, 0.15) is 5.56 Å². The summed E-state index contributed by atoms with van der Waals surface area (Å²) >= 11 is -2.22. The van der Waals surface area contributed by atoms with Gasteiger partial charge in [-0.25, -0.2) is 4.72 Å². The molecule has 5 heteroatoms. The third-order valence-corrected chi connectivity index (χ3v) is 1.91. The lowest BCUT2D eigenvalue weighted by Gasteiger charge is -2.07. The third-order valence-electron chi connectivity index (χ3n) is 1.53. The lowest BCUT2D eigenvalue weighted by atomic mass is 10.2. The second-order valence-electron chi connectivity index (χ2n) is 2.41. The van der Waals surface area contributed by atoms with Crippen LogP contribution in [0.5, 0.6) is 5.75 Å². The van der Waals surface area contributed by atoms with E-state index in [9.17, 15) is 8.76 Å². The molecule has 0 aliphatic carbocycles. The van der Waals surface area contributed by atoms with Gasteiger partial charge in [-0.2, -0.15) is 0 Å². The Labute approximate surface area is 79.3 Å². The molecule has 1 aromatic carbocycles. The minimum absolute atomic E-state index is 0.285. The monoisotopic (exact) mass is 200 g/mol. The predicted octanol–water partition coefficient (Wildman–Crippen LogP) is 0.579. The van der Waals surface area contributed by atoms with E-state index < -0.39 is 11.3 Å². The van der Waals surface area contributed by atoms with Gasteiger partial charge in [0.05, 0.1) is 7.11 Å². The first-order valence-electron chi connectivity index (χ1n) is 3.68. The summed E-state index contributed by atoms with van der Waals surface area (Å²) in [6.07, 6.45) is 0. The molecule has 1 N–H and O–H groups in total. The van der Waals surface area contributed by atoms with Gasteiger partial charge in [-0.15, -0.1) is 0 Å². The van der Waals surface area contributed by atoms with Gasteiger partial charge in [0, 0.05) is 17.8 Å². The highest BCUT2D eigenvalue weighted by Crippen LogP contribution is 2.11. The van der Waals surface area contributed by atoms with Crippen molar-refractivity contribution in [3.8, 4) is 5.75 Å². The summed E-state index contributed by atoms with van der Waals surface area (Å²) in [6.45, 7) is 0.285. The number of hydrogen-bond acceptors (Lipinski definition) is 3. The number of nitrogens with one attached hydrogen (secondary N) is 1. The van der Waals surface area contributed by atoms with E-state index in [1.165, 1.54) is 0 Å². The highest BCUT2D eigenvalue weighted by molar-refractivity contribution is 7.77. The molecule has 0 radical (unpaired) electrons. The van der Waals surface area contributed by atoms with Crippen molar-refractivity contribution >= 4 is 11.3 Å². The van der Waals surface area contributed by atoms with Crippen LogP contribution in [-0.4, -0.2) is 15.9 Å². The summed E-state index contributed by atoms with van der Waals surface area (Å²) in [7, 11) is 1.57. The normalized spacial score (nSPS) is 12.5. The Morgan fingerprint density at radius 1 is 1.62 bits per heavy atom. The van der Waals surface area contributed by atoms with Crippen LogP contribution >= 0.6 is 0 Å². The van der Waals surface area contributed by atoms with Crippen molar-refractivity contribution in [2.24, 2.45) is 0 Å². The van der Waals surface area contributed by atoms with Crippen molar-refractivity contribution in [3.05, 3.63) is 29.8 Å². The van der Waals surface area contributed by atoms with Crippen molar-refractivity contribution < 1.29 is 13.5 Å². The molecule has 0 amide bonds. The predicted molar refractivity (Wildman–Crippen MR) is 48.8 cm³/mol. The molecule has 0 spiro atoms. The number of ether oxygens (including phenoxy) is 1. The first-order valence-corrected chi connectivity index (χ1v) is 4.75. The second-order valence-corrected chi connectivity index (χ2v) is 3.17. The minimum atomic E-state index is -2.22. The summed E-state index contributed by atoms with van der Waals surface area (Å²) in [4.78, 5) is 0. The van der Waals surface area contributed by atoms with E-state index in [1.807, 2.05) is 12.1 Å². The summed E-state index contributed by atoms with van der Waals surface area (Å²) in [6, 6.07) is 7.21. The van der Waals surface area contributed by atoms with Crippen LogP contribution in [0.4, 0.5) is 0 Å². The maximum absolute atomic E-state index is 10.2. The molecule has 0 fully saturated rings. The summed E-state index contributed by atoms with van der Waals surface area (Å²) in [5.41, 5.74) is 0.864. The SMILES string of the molecule is COc1cccc(CNS(=O)[O-])c1. The summed E-state index contributed by atoms with van der Waals surface area (Å²) in [5.74, 6) is 0.719. The van der Waals surface area contributed by atoms with Crippen LogP contribution in [0.3, 0.4) is 0 Å². The van der Waals surface area contributed by atoms with Crippen LogP contribution in [0.25, 0.3) is 0 Å². The second kappa shape index (κ2) is 4.96. The van der Waals surface area contributed by atoms with Crippen LogP contribution < -0.4 is 9.46 Å². The Balaban J connectivity index is 2.61. The molecule has 1 atom stereocenters. The molecule has 13 heavy (non-hydrogen) atoms. The van der Waals surface area contributed by atoms with Gasteiger partial charge >= 0.3 is 0 Å². The van der Waals surface area contributed by atoms with Gasteiger partial charge in [-0.05, 0) is 17.7 Å². The highest BCUT2D eigenvalue weighted by Gasteiger charge is 1.94. The van der Waals surface area contributed by atoms with Crippen molar-refractivity contribution in [2.45, 2.75) is 6.54 Å². The molecule has 1 unspecified atom stereocenters. The van der Waals surface area contributed by atoms with Crippen molar-refractivity contribution in [1.29, 1.82) is 0 Å². The van der Waals surface area contributed by atoms with Crippen LogP contribution in [0.2, 0.25) is 0 Å². The number of hydrogen-bond donors (Lipinski definition) is 1. The van der Waals surface area contributed by atoms with Gasteiger partial charge in [0.25, 0.3) is 0 Å². The van der Waals surface area contributed by atoms with Gasteiger partial charge in [0.15, 0.2) is 0 Å². The maximum Gasteiger partial charge on any atom is 0.119 e. The average Bonchev–Trinajstić information content (AvgIpc) is 2.15. The molecule has 1 rings (SSSR count). The van der Waals surface area contributed by atoms with E-state index in [0.717, 1.165) is 11.3 Å². The van der Waals surface area contributed by atoms with Crippen LogP contribution in [0.15, 0.2) is 24.3 Å². The zero-order chi connectivity index (χ0) is 9.68. The van der Waals surface area contributed by atoms with Gasteiger partial charge in [-0.3, -0.25) is 4.21 Å². The van der Waals surface area contributed by atoms with E-state index in [-0.39, 0.29) is 6.54 Å². The van der Waals surface area contributed by atoms with Gasteiger partial charge in [0.2, 0.25) is 0 Å². The fraction of sp³-hybridized carbons (Fsp3) is 0.250. The van der Waals surface area contributed by atoms with Gasteiger partial charge in [0.1, 0.15) is 5.75 Å². The van der Waals surface area contributed by atoms with Crippen molar-refractivity contribution in [1.82, 2.24) is 4.72 Å². The Kier molecular flexibility index (Phi) is 3.88. The number of benzene rings is 1. The molecular formula is C8H10NO3S-. The molecule has 0 aliphatic rings. The molecule has 0 aromatic heterocycles. The van der Waals surface area contributed by atoms with E-state index in [2.05, 4.69) is 4.72 Å². The number of rotatable bonds is 4. The van der Waals surface area contributed by atoms with Crippen LogP contribution in [-0.2, 0) is 17.8 Å². The standard InChI is InChI=1S/C8H11NO3S/c1-12-8-4-2-3-7(5-8)6-9-13(10)11/h2-5,9H,6H2,1H3,(H,10,11)/p-1. The zero-order valence-corrected chi connectivity index (χ0v) is 7.97. The largest absolute Gasteiger partial charge is 0.760 e. The fourth-order valence-electron chi connectivity index (χ4n) is 0.925. The van der Waals surface area contributed by atoms with E-state index in [0.29, 0.717) is 0 Å². The minimum Gasteiger partial charge on any atom is -0.760 e. The maximum atomic E-state index is 10.2. The molecule has 72 valence electrons. The average molecular weight is 200 g/mol. The molecule has 4 nitrogen and oxygen atoms in total. The van der Waals surface area contributed by atoms with Gasteiger partial charge < -0.3 is 9.29 Å². The third kappa shape index (κ3) is 3.54. The Morgan fingerprint density at radius 2 is 2.38 bits per heavy atom. The molecule has 0 saturated carbocycles. The molecule has 0 heterocycles. The van der Waals surface area contributed by atoms with E-state index in [1.54, 1.807) is 19.2 Å². The molecule has 1 aromatic rings. The highest BCUT2D eigenvalue weighted by atomic mass is 32.2. The Bertz CT molecular complexity index is 303. The first kappa shape index (κ1) is 10.2. The number of methoxy groups -OCH3 is 1. The first-order chi connectivity index (χ1) is 6.22. The fourth-order valence-corrected chi connectivity index (χ4v) is 1.21. The molecule has 0 saturated heterocycles. The molecule has 0 bridgehead atoms. The lowest BCUT2D eigenvalue weighted by Crippen LogP contribution is -2.15. The quantitative estimate of drug-likeness (QED) is 0.723. The van der Waals surface area contributed by atoms with Gasteiger partial charge in [-0.1, -0.05) is 12.1 Å². The van der Waals surface area contributed by atoms with Crippen molar-refractivity contribution in [3.63, 3.8) is 0 Å². The Morgan fingerprint density at radius 3 is 3.00 bits per heavy atom. The lowest BCUT2D eigenvalue weighted by molar-refractivity contribution is 0.414. The smallest absolute Gasteiger partial charge is 0.119 e. The summed E-state index contributed by atoms with van der Waals surface area (Å²) in [5, 5.41) is 0.